The Kier molecular flexibility index (Phi) is 5.95. The van der Waals surface area contributed by atoms with Gasteiger partial charge in [-0.05, 0) is 31.2 Å². The van der Waals surface area contributed by atoms with Crippen LogP contribution in [0.3, 0.4) is 0 Å². The number of hydrogen-bond acceptors (Lipinski definition) is 4. The fraction of sp³-hybridized carbons (Fsp3) is 0.462. The van der Waals surface area contributed by atoms with Crippen molar-refractivity contribution in [3.63, 3.8) is 0 Å². The first-order chi connectivity index (χ1) is 8.31. The SMILES string of the molecule is CCOC(=O)c1ccc(N2CCNCC2)cc1.Cl. The van der Waals surface area contributed by atoms with E-state index < -0.39 is 0 Å². The monoisotopic (exact) mass is 270 g/mol. The third kappa shape index (κ3) is 3.62. The van der Waals surface area contributed by atoms with Crippen LogP contribution in [0.1, 0.15) is 17.3 Å². The number of carbonyl (C=O) groups excluding carboxylic acids is 1. The molecule has 1 aromatic rings. The predicted octanol–water partition coefficient (Wildman–Crippen LogP) is 1.69. The summed E-state index contributed by atoms with van der Waals surface area (Å²) in [6.07, 6.45) is 0. The van der Waals surface area contributed by atoms with Crippen LogP contribution in [0, 0.1) is 0 Å². The van der Waals surface area contributed by atoms with Crippen molar-refractivity contribution in [3.05, 3.63) is 29.8 Å². The second-order valence-corrected chi connectivity index (χ2v) is 4.00. The van der Waals surface area contributed by atoms with Crippen LogP contribution in [0.5, 0.6) is 0 Å². The Morgan fingerprint density at radius 1 is 1.28 bits per heavy atom. The van der Waals surface area contributed by atoms with E-state index in [1.165, 1.54) is 5.69 Å². The lowest BCUT2D eigenvalue weighted by atomic mass is 10.2. The number of esters is 1. The zero-order chi connectivity index (χ0) is 12.1. The van der Waals surface area contributed by atoms with Crippen molar-refractivity contribution < 1.29 is 9.53 Å². The molecule has 0 amide bonds. The number of hydrogen-bond donors (Lipinski definition) is 1. The Morgan fingerprint density at radius 3 is 2.44 bits per heavy atom. The second-order valence-electron chi connectivity index (χ2n) is 4.00. The smallest absolute Gasteiger partial charge is 0.338 e. The van der Waals surface area contributed by atoms with E-state index in [0.29, 0.717) is 12.2 Å². The molecule has 4 nitrogen and oxygen atoms in total. The Labute approximate surface area is 114 Å². The molecule has 5 heteroatoms. The fourth-order valence-electron chi connectivity index (χ4n) is 1.95. The average Bonchev–Trinajstić information content (AvgIpc) is 2.40. The number of nitrogens with one attached hydrogen (secondary N) is 1. The van der Waals surface area contributed by atoms with Gasteiger partial charge in [0, 0.05) is 31.9 Å². The maximum absolute atomic E-state index is 11.5. The van der Waals surface area contributed by atoms with Gasteiger partial charge >= 0.3 is 5.97 Å². The maximum Gasteiger partial charge on any atom is 0.338 e. The van der Waals surface area contributed by atoms with E-state index in [1.807, 2.05) is 31.2 Å². The largest absolute Gasteiger partial charge is 0.462 e. The maximum atomic E-state index is 11.5. The van der Waals surface area contributed by atoms with E-state index in [9.17, 15) is 4.79 Å². The van der Waals surface area contributed by atoms with Crippen LogP contribution in [-0.2, 0) is 4.74 Å². The summed E-state index contributed by atoms with van der Waals surface area (Å²) < 4.78 is 4.95. The van der Waals surface area contributed by atoms with E-state index in [2.05, 4.69) is 10.2 Å². The van der Waals surface area contributed by atoms with E-state index >= 15 is 0 Å². The quantitative estimate of drug-likeness (QED) is 0.849. The van der Waals surface area contributed by atoms with Crippen LogP contribution in [0.25, 0.3) is 0 Å². The number of benzene rings is 1. The molecule has 0 bridgehead atoms. The minimum Gasteiger partial charge on any atom is -0.462 e. The molecule has 1 aliphatic heterocycles. The van der Waals surface area contributed by atoms with Gasteiger partial charge in [-0.1, -0.05) is 0 Å². The highest BCUT2D eigenvalue weighted by atomic mass is 35.5. The van der Waals surface area contributed by atoms with Crippen molar-refractivity contribution >= 4 is 24.1 Å². The lowest BCUT2D eigenvalue weighted by Gasteiger charge is -2.29. The minimum absolute atomic E-state index is 0. The topological polar surface area (TPSA) is 41.6 Å². The number of piperazine rings is 1. The summed E-state index contributed by atoms with van der Waals surface area (Å²) in [5.74, 6) is -0.251. The van der Waals surface area contributed by atoms with Gasteiger partial charge < -0.3 is 15.0 Å². The lowest BCUT2D eigenvalue weighted by Crippen LogP contribution is -2.43. The number of halogens is 1. The van der Waals surface area contributed by atoms with Crippen molar-refractivity contribution in [3.8, 4) is 0 Å². The number of carbonyl (C=O) groups is 1. The van der Waals surface area contributed by atoms with Crippen molar-refractivity contribution in [2.24, 2.45) is 0 Å². The number of anilines is 1. The molecular weight excluding hydrogens is 252 g/mol. The Balaban J connectivity index is 0.00000162. The number of rotatable bonds is 3. The molecule has 1 aliphatic rings. The number of nitrogens with zero attached hydrogens (tertiary/aromatic N) is 1. The second kappa shape index (κ2) is 7.24. The molecule has 1 saturated heterocycles. The van der Waals surface area contributed by atoms with Gasteiger partial charge in [0.2, 0.25) is 0 Å². The molecule has 1 N–H and O–H groups in total. The molecule has 0 saturated carbocycles. The van der Waals surface area contributed by atoms with Crippen LogP contribution in [-0.4, -0.2) is 38.8 Å². The first kappa shape index (κ1) is 14.8. The van der Waals surface area contributed by atoms with Crippen LogP contribution in [0.2, 0.25) is 0 Å². The average molecular weight is 271 g/mol. The molecule has 1 aromatic carbocycles. The molecular formula is C13H19ClN2O2. The van der Waals surface area contributed by atoms with Gasteiger partial charge in [0.25, 0.3) is 0 Å². The van der Waals surface area contributed by atoms with Gasteiger partial charge in [-0.15, -0.1) is 12.4 Å². The Morgan fingerprint density at radius 2 is 1.89 bits per heavy atom. The minimum atomic E-state index is -0.251. The van der Waals surface area contributed by atoms with E-state index in [4.69, 9.17) is 4.74 Å². The van der Waals surface area contributed by atoms with E-state index in [1.54, 1.807) is 0 Å². The highest BCUT2D eigenvalue weighted by molar-refractivity contribution is 5.89. The molecule has 0 unspecified atom stereocenters. The van der Waals surface area contributed by atoms with Gasteiger partial charge in [-0.3, -0.25) is 0 Å². The van der Waals surface area contributed by atoms with Crippen molar-refractivity contribution in [1.82, 2.24) is 5.32 Å². The third-order valence-corrected chi connectivity index (χ3v) is 2.86. The van der Waals surface area contributed by atoms with Gasteiger partial charge in [-0.2, -0.15) is 0 Å². The van der Waals surface area contributed by atoms with Crippen LogP contribution >= 0.6 is 12.4 Å². The summed E-state index contributed by atoms with van der Waals surface area (Å²) in [5, 5.41) is 3.32. The van der Waals surface area contributed by atoms with Crippen LogP contribution in [0.4, 0.5) is 5.69 Å². The number of ether oxygens (including phenoxy) is 1. The lowest BCUT2D eigenvalue weighted by molar-refractivity contribution is 0.0526. The molecule has 0 aliphatic carbocycles. The summed E-state index contributed by atoms with van der Waals surface area (Å²) in [5.41, 5.74) is 1.78. The summed E-state index contributed by atoms with van der Waals surface area (Å²) in [4.78, 5) is 13.8. The zero-order valence-electron chi connectivity index (χ0n) is 10.5. The van der Waals surface area contributed by atoms with Crippen molar-refractivity contribution in [2.45, 2.75) is 6.92 Å². The molecule has 0 aromatic heterocycles. The van der Waals surface area contributed by atoms with Crippen LogP contribution < -0.4 is 10.2 Å². The Hall–Kier alpha value is -1.26. The van der Waals surface area contributed by atoms with Gasteiger partial charge in [0.15, 0.2) is 0 Å². The van der Waals surface area contributed by atoms with Gasteiger partial charge in [0.1, 0.15) is 0 Å². The first-order valence-electron chi connectivity index (χ1n) is 6.04. The standard InChI is InChI=1S/C13H18N2O2.ClH/c1-2-17-13(16)11-3-5-12(6-4-11)15-9-7-14-8-10-15;/h3-6,14H,2,7-10H2,1H3;1H. The summed E-state index contributed by atoms with van der Waals surface area (Å²) in [6.45, 7) is 6.28. The highest BCUT2D eigenvalue weighted by Gasteiger charge is 2.11. The molecule has 2 rings (SSSR count). The summed E-state index contributed by atoms with van der Waals surface area (Å²) in [7, 11) is 0. The fourth-order valence-corrected chi connectivity index (χ4v) is 1.95. The summed E-state index contributed by atoms with van der Waals surface area (Å²) >= 11 is 0. The zero-order valence-corrected chi connectivity index (χ0v) is 11.3. The first-order valence-corrected chi connectivity index (χ1v) is 6.04. The normalized spacial score (nSPS) is 14.8. The van der Waals surface area contributed by atoms with E-state index in [-0.39, 0.29) is 18.4 Å². The molecule has 0 radical (unpaired) electrons. The Bertz CT molecular complexity index is 375. The van der Waals surface area contributed by atoms with Gasteiger partial charge in [-0.25, -0.2) is 4.79 Å². The molecule has 100 valence electrons. The van der Waals surface area contributed by atoms with Crippen molar-refractivity contribution in [2.75, 3.05) is 37.7 Å². The molecule has 0 atom stereocenters. The van der Waals surface area contributed by atoms with E-state index in [0.717, 1.165) is 26.2 Å². The molecule has 1 fully saturated rings. The molecule has 18 heavy (non-hydrogen) atoms. The molecule has 1 heterocycles. The molecule has 0 spiro atoms. The third-order valence-electron chi connectivity index (χ3n) is 2.86. The highest BCUT2D eigenvalue weighted by Crippen LogP contribution is 2.16. The van der Waals surface area contributed by atoms with Crippen molar-refractivity contribution in [1.29, 1.82) is 0 Å². The van der Waals surface area contributed by atoms with Crippen LogP contribution in [0.15, 0.2) is 24.3 Å². The summed E-state index contributed by atoms with van der Waals surface area (Å²) in [6, 6.07) is 7.62. The predicted molar refractivity (Wildman–Crippen MR) is 74.7 cm³/mol. The van der Waals surface area contributed by atoms with Gasteiger partial charge in [0.05, 0.1) is 12.2 Å².